The van der Waals surface area contributed by atoms with Crippen molar-refractivity contribution in [2.24, 2.45) is 0 Å². The van der Waals surface area contributed by atoms with Crippen molar-refractivity contribution in [2.75, 3.05) is 13.2 Å². The highest BCUT2D eigenvalue weighted by atomic mass is 19.4. The van der Waals surface area contributed by atoms with Crippen molar-refractivity contribution >= 4 is 0 Å². The average molecular weight is 338 g/mol. The molecule has 0 saturated heterocycles. The number of ether oxygens (including phenoxy) is 1. The predicted octanol–water partition coefficient (Wildman–Crippen LogP) is 4.09. The molecular weight excluding hydrogens is 317 g/mol. The van der Waals surface area contributed by atoms with E-state index in [0.29, 0.717) is 25.3 Å². The van der Waals surface area contributed by atoms with Crippen LogP contribution in [0.4, 0.5) is 13.2 Å². The van der Waals surface area contributed by atoms with Crippen molar-refractivity contribution < 1.29 is 17.9 Å². The second-order valence-electron chi connectivity index (χ2n) is 6.17. The summed E-state index contributed by atoms with van der Waals surface area (Å²) in [5.41, 5.74) is -0.749. The van der Waals surface area contributed by atoms with E-state index in [-0.39, 0.29) is 5.54 Å². The number of hydrogen-bond donors (Lipinski definition) is 1. The molecule has 1 heterocycles. The first kappa shape index (κ1) is 18.3. The Balaban J connectivity index is 1.82. The molecule has 0 amide bonds. The molecular formula is C18H21F3N2O. The number of benzene rings is 1. The van der Waals surface area contributed by atoms with Crippen LogP contribution in [0.1, 0.15) is 25.2 Å². The third kappa shape index (κ3) is 5.85. The maximum atomic E-state index is 12.6. The molecule has 1 aromatic heterocycles. The first-order chi connectivity index (χ1) is 11.3. The topological polar surface area (TPSA) is 34.1 Å². The molecule has 0 aliphatic carbocycles. The molecule has 0 fully saturated rings. The molecule has 6 heteroatoms. The summed E-state index contributed by atoms with van der Waals surface area (Å²) < 4.78 is 43.6. The molecule has 3 nitrogen and oxygen atoms in total. The fourth-order valence-electron chi connectivity index (χ4n) is 2.14. The Labute approximate surface area is 139 Å². The lowest BCUT2D eigenvalue weighted by Gasteiger charge is -2.26. The largest absolute Gasteiger partial charge is 0.492 e. The highest BCUT2D eigenvalue weighted by molar-refractivity contribution is 5.21. The van der Waals surface area contributed by atoms with Gasteiger partial charge in [-0.1, -0.05) is 24.3 Å². The summed E-state index contributed by atoms with van der Waals surface area (Å²) in [6.45, 7) is 4.93. The molecule has 1 N–H and O–H groups in total. The van der Waals surface area contributed by atoms with Gasteiger partial charge in [0, 0.05) is 24.2 Å². The van der Waals surface area contributed by atoms with Crippen LogP contribution in [0.25, 0.3) is 0 Å². The molecule has 1 aromatic carbocycles. The quantitative estimate of drug-likeness (QED) is 0.826. The molecule has 130 valence electrons. The highest BCUT2D eigenvalue weighted by Gasteiger charge is 2.32. The van der Waals surface area contributed by atoms with E-state index in [4.69, 9.17) is 4.74 Å². The molecule has 2 aromatic rings. The Morgan fingerprint density at radius 1 is 1.00 bits per heavy atom. The lowest BCUT2D eigenvalue weighted by Crippen LogP contribution is -2.45. The third-order valence-corrected chi connectivity index (χ3v) is 3.42. The second kappa shape index (κ2) is 7.66. The van der Waals surface area contributed by atoms with Gasteiger partial charge in [-0.2, -0.15) is 13.2 Å². The monoisotopic (exact) mass is 338 g/mol. The summed E-state index contributed by atoms with van der Waals surface area (Å²) >= 11 is 0. The normalized spacial score (nSPS) is 12.2. The summed E-state index contributed by atoms with van der Waals surface area (Å²) in [4.78, 5) is 3.66. The number of pyridine rings is 1. The SMILES string of the molecule is CC(C)(COc1ccccc1)NCCc1cccc(C(F)(F)F)n1. The molecule has 24 heavy (non-hydrogen) atoms. The van der Waals surface area contributed by atoms with Gasteiger partial charge in [-0.15, -0.1) is 0 Å². The van der Waals surface area contributed by atoms with Gasteiger partial charge < -0.3 is 10.1 Å². The average Bonchev–Trinajstić information content (AvgIpc) is 2.53. The van der Waals surface area contributed by atoms with Gasteiger partial charge in [0.15, 0.2) is 0 Å². The van der Waals surface area contributed by atoms with E-state index in [0.717, 1.165) is 11.8 Å². The van der Waals surface area contributed by atoms with Gasteiger partial charge in [0.05, 0.1) is 0 Å². The Hall–Kier alpha value is -2.08. The van der Waals surface area contributed by atoms with Crippen LogP contribution < -0.4 is 10.1 Å². The Morgan fingerprint density at radius 3 is 2.38 bits per heavy atom. The first-order valence-corrected chi connectivity index (χ1v) is 7.72. The maximum Gasteiger partial charge on any atom is 0.433 e. The third-order valence-electron chi connectivity index (χ3n) is 3.42. The van der Waals surface area contributed by atoms with Crippen molar-refractivity contribution in [1.82, 2.24) is 10.3 Å². The minimum Gasteiger partial charge on any atom is -0.492 e. The molecule has 0 bridgehead atoms. The zero-order valence-corrected chi connectivity index (χ0v) is 13.7. The summed E-state index contributed by atoms with van der Waals surface area (Å²) in [6.07, 6.45) is -4.00. The molecule has 0 spiro atoms. The Morgan fingerprint density at radius 2 is 1.71 bits per heavy atom. The van der Waals surface area contributed by atoms with Gasteiger partial charge in [0.2, 0.25) is 0 Å². The number of rotatable bonds is 7. The van der Waals surface area contributed by atoms with Crippen molar-refractivity contribution in [3.05, 3.63) is 59.9 Å². The predicted molar refractivity (Wildman–Crippen MR) is 87.0 cm³/mol. The zero-order valence-electron chi connectivity index (χ0n) is 13.7. The summed E-state index contributed by atoms with van der Waals surface area (Å²) in [5.74, 6) is 0.784. The van der Waals surface area contributed by atoms with Crippen LogP contribution in [0.3, 0.4) is 0 Å². The molecule has 0 unspecified atom stereocenters. The van der Waals surface area contributed by atoms with Gasteiger partial charge in [-0.3, -0.25) is 0 Å². The molecule has 0 atom stereocenters. The minimum absolute atomic E-state index is 0.308. The highest BCUT2D eigenvalue weighted by Crippen LogP contribution is 2.27. The summed E-state index contributed by atoms with van der Waals surface area (Å²) in [6, 6.07) is 13.4. The summed E-state index contributed by atoms with van der Waals surface area (Å²) in [7, 11) is 0. The van der Waals surface area contributed by atoms with Crippen molar-refractivity contribution in [3.63, 3.8) is 0 Å². The smallest absolute Gasteiger partial charge is 0.433 e. The lowest BCUT2D eigenvalue weighted by molar-refractivity contribution is -0.141. The van der Waals surface area contributed by atoms with E-state index >= 15 is 0 Å². The van der Waals surface area contributed by atoms with Crippen LogP contribution in [0, 0.1) is 0 Å². The van der Waals surface area contributed by atoms with E-state index in [1.54, 1.807) is 6.07 Å². The maximum absolute atomic E-state index is 12.6. The van der Waals surface area contributed by atoms with Crippen LogP contribution in [0.5, 0.6) is 5.75 Å². The number of nitrogens with zero attached hydrogens (tertiary/aromatic N) is 1. The van der Waals surface area contributed by atoms with E-state index in [9.17, 15) is 13.2 Å². The fourth-order valence-corrected chi connectivity index (χ4v) is 2.14. The van der Waals surface area contributed by atoms with E-state index < -0.39 is 11.9 Å². The van der Waals surface area contributed by atoms with Crippen LogP contribution in [0.2, 0.25) is 0 Å². The van der Waals surface area contributed by atoms with E-state index in [2.05, 4.69) is 10.3 Å². The van der Waals surface area contributed by atoms with Crippen LogP contribution in [-0.2, 0) is 12.6 Å². The lowest BCUT2D eigenvalue weighted by atomic mass is 10.1. The van der Waals surface area contributed by atoms with Gasteiger partial charge in [0.25, 0.3) is 0 Å². The second-order valence-corrected chi connectivity index (χ2v) is 6.17. The van der Waals surface area contributed by atoms with Gasteiger partial charge >= 0.3 is 6.18 Å². The standard InChI is InChI=1S/C18H21F3N2O/c1-17(2,13-24-15-8-4-3-5-9-15)22-12-11-14-7-6-10-16(23-14)18(19,20)21/h3-10,22H,11-13H2,1-2H3. The van der Waals surface area contributed by atoms with E-state index in [1.807, 2.05) is 44.2 Å². The fraction of sp³-hybridized carbons (Fsp3) is 0.389. The molecule has 0 aliphatic heterocycles. The molecule has 0 saturated carbocycles. The van der Waals surface area contributed by atoms with Crippen LogP contribution in [0.15, 0.2) is 48.5 Å². The van der Waals surface area contributed by atoms with Gasteiger partial charge in [-0.05, 0) is 38.1 Å². The van der Waals surface area contributed by atoms with Crippen LogP contribution in [-0.4, -0.2) is 23.7 Å². The Bertz CT molecular complexity index is 642. The molecule has 0 radical (unpaired) electrons. The summed E-state index contributed by atoms with van der Waals surface area (Å²) in [5, 5.41) is 3.29. The van der Waals surface area contributed by atoms with Gasteiger partial charge in [-0.25, -0.2) is 4.98 Å². The van der Waals surface area contributed by atoms with E-state index in [1.165, 1.54) is 6.07 Å². The van der Waals surface area contributed by atoms with Gasteiger partial charge in [0.1, 0.15) is 18.1 Å². The van der Waals surface area contributed by atoms with Crippen molar-refractivity contribution in [2.45, 2.75) is 32.0 Å². The van der Waals surface area contributed by atoms with Crippen molar-refractivity contribution in [3.8, 4) is 5.75 Å². The van der Waals surface area contributed by atoms with Crippen LogP contribution >= 0.6 is 0 Å². The Kier molecular flexibility index (Phi) is 5.83. The zero-order chi connectivity index (χ0) is 17.6. The number of halogens is 3. The first-order valence-electron chi connectivity index (χ1n) is 7.72. The minimum atomic E-state index is -4.41. The number of para-hydroxylation sites is 1. The van der Waals surface area contributed by atoms with Crippen molar-refractivity contribution in [1.29, 1.82) is 0 Å². The molecule has 2 rings (SSSR count). The number of aromatic nitrogens is 1. The number of alkyl halides is 3. The number of hydrogen-bond acceptors (Lipinski definition) is 3. The molecule has 0 aliphatic rings. The number of nitrogens with one attached hydrogen (secondary N) is 1.